The van der Waals surface area contributed by atoms with E-state index in [0.29, 0.717) is 23.3 Å². The first-order chi connectivity index (χ1) is 14.0. The normalized spacial score (nSPS) is 32.7. The number of aliphatic hydroxyl groups is 1. The molecule has 0 radical (unpaired) electrons. The maximum atomic E-state index is 11.4. The van der Waals surface area contributed by atoms with Crippen molar-refractivity contribution in [2.75, 3.05) is 5.32 Å². The fourth-order valence-electron chi connectivity index (χ4n) is 6.14. The first kappa shape index (κ1) is 17.0. The van der Waals surface area contributed by atoms with Crippen LogP contribution in [-0.2, 0) is 0 Å². The Bertz CT molecular complexity index is 1100. The third kappa shape index (κ3) is 2.57. The van der Waals surface area contributed by atoms with Crippen molar-refractivity contribution < 1.29 is 14.4 Å². The highest BCUT2D eigenvalue weighted by molar-refractivity contribution is 5.97. The van der Waals surface area contributed by atoms with Gasteiger partial charge < -0.3 is 25.7 Å². The van der Waals surface area contributed by atoms with E-state index in [2.05, 4.69) is 25.4 Å². The van der Waals surface area contributed by atoms with Gasteiger partial charge in [-0.15, -0.1) is 0 Å². The van der Waals surface area contributed by atoms with Crippen molar-refractivity contribution in [3.63, 3.8) is 0 Å². The highest BCUT2D eigenvalue weighted by Crippen LogP contribution is 2.56. The van der Waals surface area contributed by atoms with Gasteiger partial charge in [-0.2, -0.15) is 4.98 Å². The van der Waals surface area contributed by atoms with Gasteiger partial charge in [0, 0.05) is 23.8 Å². The van der Waals surface area contributed by atoms with Crippen molar-refractivity contribution in [1.82, 2.24) is 20.1 Å². The van der Waals surface area contributed by atoms with E-state index >= 15 is 0 Å². The van der Waals surface area contributed by atoms with E-state index in [0.717, 1.165) is 48.8 Å². The quantitative estimate of drug-likeness (QED) is 0.530. The van der Waals surface area contributed by atoms with Crippen LogP contribution >= 0.6 is 0 Å². The number of hydrogen-bond acceptors (Lipinski definition) is 7. The largest absolute Gasteiger partial charge is 0.390 e. The molecule has 150 valence electrons. The van der Waals surface area contributed by atoms with E-state index in [4.69, 9.17) is 10.3 Å². The third-order valence-corrected chi connectivity index (χ3v) is 7.02. The van der Waals surface area contributed by atoms with Crippen molar-refractivity contribution in [3.8, 4) is 11.5 Å². The molecular weight excluding hydrogens is 372 g/mol. The fraction of sp³-hybridized carbons (Fsp3) is 0.500. The molecule has 3 aromatic rings. The Morgan fingerprint density at radius 3 is 2.79 bits per heavy atom. The molecule has 3 unspecified atom stereocenters. The minimum absolute atomic E-state index is 0.156. The molecule has 0 aromatic carbocycles. The van der Waals surface area contributed by atoms with Crippen molar-refractivity contribution in [2.24, 2.45) is 23.5 Å². The monoisotopic (exact) mass is 394 g/mol. The molecule has 7 rings (SSSR count). The predicted octanol–water partition coefficient (Wildman–Crippen LogP) is 2.06. The van der Waals surface area contributed by atoms with Gasteiger partial charge in [0.2, 0.25) is 0 Å². The van der Waals surface area contributed by atoms with Gasteiger partial charge in [-0.3, -0.25) is 4.79 Å². The summed E-state index contributed by atoms with van der Waals surface area (Å²) in [5, 5.41) is 19.3. The van der Waals surface area contributed by atoms with Crippen molar-refractivity contribution in [3.05, 3.63) is 24.3 Å². The summed E-state index contributed by atoms with van der Waals surface area (Å²) in [5.41, 5.74) is 7.05. The lowest BCUT2D eigenvalue weighted by Crippen LogP contribution is -2.59. The summed E-state index contributed by atoms with van der Waals surface area (Å²) in [6, 6.07) is 2.23. The molecule has 4 aliphatic rings. The van der Waals surface area contributed by atoms with Gasteiger partial charge in [0.05, 0.1) is 16.9 Å². The number of primary amides is 1. The number of fused-ring (bicyclic) bond motifs is 1. The number of rotatable bonds is 4. The fourth-order valence-corrected chi connectivity index (χ4v) is 6.14. The number of nitrogens with two attached hydrogens (primary N) is 1. The minimum atomic E-state index is -0.737. The predicted molar refractivity (Wildman–Crippen MR) is 104 cm³/mol. The number of anilines is 1. The summed E-state index contributed by atoms with van der Waals surface area (Å²) >= 11 is 0. The van der Waals surface area contributed by atoms with Crippen LogP contribution < -0.4 is 11.1 Å². The van der Waals surface area contributed by atoms with Crippen LogP contribution in [-0.4, -0.2) is 42.8 Å². The second-order valence-electron chi connectivity index (χ2n) is 8.94. The maximum absolute atomic E-state index is 11.4. The van der Waals surface area contributed by atoms with Gasteiger partial charge in [-0.25, -0.2) is 4.98 Å². The number of nitrogens with zero attached hydrogens (tertiary/aromatic N) is 3. The zero-order valence-corrected chi connectivity index (χ0v) is 15.8. The SMILES string of the molecule is NC(=O)c1noc(-c2cnc3[nH]ccc3c2NC2[C@@H]3CC4C[C@H]2CC(O)(C4)C3)n1. The highest BCUT2D eigenvalue weighted by atomic mass is 16.5. The zero-order valence-electron chi connectivity index (χ0n) is 15.8. The van der Waals surface area contributed by atoms with Crippen LogP contribution in [0, 0.1) is 17.8 Å². The zero-order chi connectivity index (χ0) is 19.8. The lowest BCUT2D eigenvalue weighted by atomic mass is 9.52. The number of nitrogens with one attached hydrogen (secondary N) is 2. The average molecular weight is 394 g/mol. The Morgan fingerprint density at radius 1 is 1.31 bits per heavy atom. The molecule has 9 nitrogen and oxygen atoms in total. The second-order valence-corrected chi connectivity index (χ2v) is 8.94. The van der Waals surface area contributed by atoms with Crippen LogP contribution in [0.4, 0.5) is 5.69 Å². The molecule has 5 N–H and O–H groups in total. The van der Waals surface area contributed by atoms with Gasteiger partial charge in [-0.05, 0) is 55.9 Å². The first-order valence-corrected chi connectivity index (χ1v) is 10.1. The molecule has 1 amide bonds. The van der Waals surface area contributed by atoms with Gasteiger partial charge in [0.25, 0.3) is 17.6 Å². The molecule has 4 saturated carbocycles. The second kappa shape index (κ2) is 5.79. The molecule has 4 fully saturated rings. The molecular formula is C20H22N6O3. The maximum Gasteiger partial charge on any atom is 0.290 e. The molecule has 4 bridgehead atoms. The molecule has 9 heteroatoms. The first-order valence-electron chi connectivity index (χ1n) is 10.1. The lowest BCUT2D eigenvalue weighted by Gasteiger charge is -2.58. The summed E-state index contributed by atoms with van der Waals surface area (Å²) < 4.78 is 5.31. The van der Waals surface area contributed by atoms with Gasteiger partial charge in [0.15, 0.2) is 0 Å². The number of carbonyl (C=O) groups is 1. The van der Waals surface area contributed by atoms with Crippen molar-refractivity contribution >= 4 is 22.6 Å². The van der Waals surface area contributed by atoms with E-state index in [1.54, 1.807) is 6.20 Å². The summed E-state index contributed by atoms with van der Waals surface area (Å²) in [5.74, 6) is 0.819. The van der Waals surface area contributed by atoms with Gasteiger partial charge in [0.1, 0.15) is 5.65 Å². The number of amides is 1. The Hall–Kier alpha value is -2.94. The summed E-state index contributed by atoms with van der Waals surface area (Å²) in [6.45, 7) is 0. The van der Waals surface area contributed by atoms with Crippen LogP contribution in [0.1, 0.15) is 42.7 Å². The third-order valence-electron chi connectivity index (χ3n) is 7.02. The van der Waals surface area contributed by atoms with E-state index < -0.39 is 11.5 Å². The van der Waals surface area contributed by atoms with Crippen LogP contribution in [0.15, 0.2) is 23.0 Å². The van der Waals surface area contributed by atoms with Gasteiger partial charge >= 0.3 is 0 Å². The molecule has 29 heavy (non-hydrogen) atoms. The molecule has 3 heterocycles. The Morgan fingerprint density at radius 2 is 2.10 bits per heavy atom. The molecule has 3 aromatic heterocycles. The van der Waals surface area contributed by atoms with Crippen LogP contribution in [0.2, 0.25) is 0 Å². The summed E-state index contributed by atoms with van der Waals surface area (Å²) in [6.07, 6.45) is 8.46. The smallest absolute Gasteiger partial charge is 0.290 e. The number of hydrogen-bond donors (Lipinski definition) is 4. The average Bonchev–Trinajstić information content (AvgIpc) is 3.32. The Kier molecular flexibility index (Phi) is 3.39. The Labute approximate surface area is 166 Å². The number of H-pyrrole nitrogens is 1. The number of pyridine rings is 1. The molecule has 0 saturated heterocycles. The van der Waals surface area contributed by atoms with Crippen LogP contribution in [0.25, 0.3) is 22.5 Å². The molecule has 4 aliphatic carbocycles. The topological polar surface area (TPSA) is 143 Å². The van der Waals surface area contributed by atoms with E-state index in [-0.39, 0.29) is 17.8 Å². The molecule has 5 atom stereocenters. The van der Waals surface area contributed by atoms with Crippen LogP contribution in [0.5, 0.6) is 0 Å². The number of aromatic nitrogens is 4. The summed E-state index contributed by atoms with van der Waals surface area (Å²) in [4.78, 5) is 23.1. The summed E-state index contributed by atoms with van der Waals surface area (Å²) in [7, 11) is 0. The van der Waals surface area contributed by atoms with E-state index in [1.807, 2.05) is 12.3 Å². The minimum Gasteiger partial charge on any atom is -0.390 e. The van der Waals surface area contributed by atoms with Crippen LogP contribution in [0.3, 0.4) is 0 Å². The van der Waals surface area contributed by atoms with Crippen molar-refractivity contribution in [2.45, 2.75) is 43.7 Å². The van der Waals surface area contributed by atoms with E-state index in [9.17, 15) is 9.90 Å². The standard InChI is InChI=1S/C20H22N6O3/c21-16(27)18-25-19(29-26-18)13-8-23-17-12(1-2-22-17)15(13)24-14-10-3-9-4-11(14)7-20(28,5-9)6-10/h1-2,8-11,14,28H,3-7H2,(H2,21,27)(H2,22,23,24)/t9?,10-,11+,14?,20?. The number of aromatic amines is 1. The molecule has 0 spiro atoms. The highest BCUT2D eigenvalue weighted by Gasteiger charge is 2.54. The van der Waals surface area contributed by atoms with Gasteiger partial charge in [-0.1, -0.05) is 5.16 Å². The Balaban J connectivity index is 1.42. The lowest BCUT2D eigenvalue weighted by molar-refractivity contribution is -0.129. The van der Waals surface area contributed by atoms with Crippen molar-refractivity contribution in [1.29, 1.82) is 0 Å². The molecule has 0 aliphatic heterocycles. The number of carbonyl (C=O) groups excluding carboxylic acids is 1. The van der Waals surface area contributed by atoms with E-state index in [1.165, 1.54) is 0 Å².